The summed E-state index contributed by atoms with van der Waals surface area (Å²) in [6.45, 7) is 6.19. The smallest absolute Gasteiger partial charge is 0.254 e. The number of carbonyl (C=O) groups excluding carboxylic acids is 1. The van der Waals surface area contributed by atoms with Gasteiger partial charge in [0.15, 0.2) is 0 Å². The van der Waals surface area contributed by atoms with E-state index in [1.165, 1.54) is 0 Å². The van der Waals surface area contributed by atoms with Gasteiger partial charge in [0.1, 0.15) is 0 Å². The Hall–Kier alpha value is -1.31. The van der Waals surface area contributed by atoms with Gasteiger partial charge >= 0.3 is 0 Å². The summed E-state index contributed by atoms with van der Waals surface area (Å²) < 4.78 is 1.56. The summed E-state index contributed by atoms with van der Waals surface area (Å²) >= 11 is 0. The van der Waals surface area contributed by atoms with Crippen LogP contribution >= 0.6 is 0 Å². The summed E-state index contributed by atoms with van der Waals surface area (Å²) in [4.78, 5) is 11.4. The number of carbonyl (C=O) groups is 1. The van der Waals surface area contributed by atoms with E-state index in [0.29, 0.717) is 0 Å². The second-order valence-corrected chi connectivity index (χ2v) is 4.13. The van der Waals surface area contributed by atoms with Crippen LogP contribution in [0.2, 0.25) is 0 Å². The van der Waals surface area contributed by atoms with E-state index in [1.807, 2.05) is 18.2 Å². The first-order valence-corrected chi connectivity index (χ1v) is 4.35. The van der Waals surface area contributed by atoms with Crippen molar-refractivity contribution < 1.29 is 4.79 Å². The van der Waals surface area contributed by atoms with E-state index in [0.717, 1.165) is 0 Å². The minimum Gasteiger partial charge on any atom is -0.291 e. The van der Waals surface area contributed by atoms with Crippen molar-refractivity contribution in [2.24, 2.45) is 5.41 Å². The molecule has 0 atom stereocenters. The lowest BCUT2D eigenvalue weighted by molar-refractivity contribution is 0.0968. The third-order valence-corrected chi connectivity index (χ3v) is 1.58. The molecular weight excluding hydrogens is 162 g/mol. The second kappa shape index (κ2) is 3.60. The molecule has 0 unspecified atom stereocenters. The normalized spacial score (nSPS) is 12.2. The molecule has 0 spiro atoms. The average molecular weight is 177 g/mol. The fraction of sp³-hybridized carbons (Fsp3) is 0.364. The maximum absolute atomic E-state index is 11.4. The van der Waals surface area contributed by atoms with Crippen molar-refractivity contribution in [1.29, 1.82) is 0 Å². The molecule has 0 aromatic carbocycles. The van der Waals surface area contributed by atoms with Crippen molar-refractivity contribution in [3.63, 3.8) is 0 Å². The SMILES string of the molecule is CC(C)(C)C=CC(=O)n1cccc1. The van der Waals surface area contributed by atoms with Gasteiger partial charge in [-0.05, 0) is 17.5 Å². The molecule has 1 aromatic rings. The molecule has 0 aliphatic heterocycles. The van der Waals surface area contributed by atoms with Crippen molar-refractivity contribution in [2.45, 2.75) is 20.8 Å². The summed E-state index contributed by atoms with van der Waals surface area (Å²) in [5.41, 5.74) is 0.0583. The number of allylic oxidation sites excluding steroid dienone is 2. The van der Waals surface area contributed by atoms with Crippen molar-refractivity contribution in [1.82, 2.24) is 4.57 Å². The van der Waals surface area contributed by atoms with E-state index in [-0.39, 0.29) is 11.3 Å². The molecule has 70 valence electrons. The molecule has 2 nitrogen and oxygen atoms in total. The molecule has 13 heavy (non-hydrogen) atoms. The van der Waals surface area contributed by atoms with E-state index in [4.69, 9.17) is 0 Å². The lowest BCUT2D eigenvalue weighted by Crippen LogP contribution is -2.06. The van der Waals surface area contributed by atoms with E-state index < -0.39 is 0 Å². The van der Waals surface area contributed by atoms with E-state index >= 15 is 0 Å². The van der Waals surface area contributed by atoms with Gasteiger partial charge in [0.05, 0.1) is 0 Å². The highest BCUT2D eigenvalue weighted by Gasteiger charge is 2.05. The van der Waals surface area contributed by atoms with Gasteiger partial charge in [0, 0.05) is 18.5 Å². The number of nitrogens with zero attached hydrogens (tertiary/aromatic N) is 1. The second-order valence-electron chi connectivity index (χ2n) is 4.13. The van der Waals surface area contributed by atoms with Crippen LogP contribution in [0.4, 0.5) is 0 Å². The Morgan fingerprint density at radius 3 is 2.23 bits per heavy atom. The molecule has 2 heteroatoms. The third-order valence-electron chi connectivity index (χ3n) is 1.58. The summed E-state index contributed by atoms with van der Waals surface area (Å²) in [7, 11) is 0. The molecule has 0 aliphatic rings. The fourth-order valence-corrected chi connectivity index (χ4v) is 0.889. The molecule has 0 bridgehead atoms. The highest BCUT2D eigenvalue weighted by molar-refractivity contribution is 5.89. The van der Waals surface area contributed by atoms with Gasteiger partial charge in [0.25, 0.3) is 5.91 Å². The average Bonchev–Trinajstić information content (AvgIpc) is 2.50. The van der Waals surface area contributed by atoms with Crippen LogP contribution in [-0.2, 0) is 0 Å². The van der Waals surface area contributed by atoms with E-state index in [9.17, 15) is 4.79 Å². The molecule has 0 saturated heterocycles. The zero-order valence-corrected chi connectivity index (χ0v) is 8.32. The summed E-state index contributed by atoms with van der Waals surface area (Å²) in [5.74, 6) is -0.0000694. The van der Waals surface area contributed by atoms with Crippen molar-refractivity contribution in [2.75, 3.05) is 0 Å². The van der Waals surface area contributed by atoms with Crippen LogP contribution in [0, 0.1) is 5.41 Å². The molecule has 1 heterocycles. The Labute approximate surface area is 78.9 Å². The van der Waals surface area contributed by atoms with Crippen LogP contribution in [0.25, 0.3) is 0 Å². The van der Waals surface area contributed by atoms with Gasteiger partial charge in [0.2, 0.25) is 0 Å². The topological polar surface area (TPSA) is 22.0 Å². The Morgan fingerprint density at radius 1 is 1.23 bits per heavy atom. The zero-order chi connectivity index (χ0) is 9.90. The van der Waals surface area contributed by atoms with Crippen LogP contribution < -0.4 is 0 Å². The maximum atomic E-state index is 11.4. The lowest BCUT2D eigenvalue weighted by atomic mass is 9.96. The monoisotopic (exact) mass is 177 g/mol. The Bertz CT molecular complexity index is 301. The quantitative estimate of drug-likeness (QED) is 0.604. The molecular formula is C11H15NO. The van der Waals surface area contributed by atoms with Crippen LogP contribution in [0.3, 0.4) is 0 Å². The molecule has 0 saturated carbocycles. The molecule has 0 fully saturated rings. The Kier molecular flexibility index (Phi) is 2.71. The highest BCUT2D eigenvalue weighted by Crippen LogP contribution is 2.14. The molecule has 0 aliphatic carbocycles. The first-order chi connectivity index (χ1) is 5.99. The maximum Gasteiger partial charge on any atom is 0.254 e. The van der Waals surface area contributed by atoms with Crippen LogP contribution in [-0.4, -0.2) is 10.5 Å². The van der Waals surface area contributed by atoms with Crippen LogP contribution in [0.5, 0.6) is 0 Å². The number of aromatic nitrogens is 1. The minimum atomic E-state index is -0.0000694. The summed E-state index contributed by atoms with van der Waals surface area (Å²) in [6, 6.07) is 3.67. The standard InChI is InChI=1S/C11H15NO/c1-11(2,3)7-6-10(13)12-8-4-5-9-12/h4-9H,1-3H3. The molecule has 0 amide bonds. The van der Waals surface area contributed by atoms with E-state index in [1.54, 1.807) is 23.0 Å². The van der Waals surface area contributed by atoms with Crippen molar-refractivity contribution in [3.05, 3.63) is 36.7 Å². The van der Waals surface area contributed by atoms with E-state index in [2.05, 4.69) is 20.8 Å². The first-order valence-electron chi connectivity index (χ1n) is 4.35. The van der Waals surface area contributed by atoms with Crippen LogP contribution in [0.1, 0.15) is 25.6 Å². The number of hydrogen-bond acceptors (Lipinski definition) is 1. The summed E-state index contributed by atoms with van der Waals surface area (Å²) in [5, 5.41) is 0. The van der Waals surface area contributed by atoms with Gasteiger partial charge in [-0.3, -0.25) is 9.36 Å². The predicted octanol–water partition coefficient (Wildman–Crippen LogP) is 2.73. The summed E-state index contributed by atoms with van der Waals surface area (Å²) in [6.07, 6.45) is 7.01. The number of rotatable bonds is 1. The van der Waals surface area contributed by atoms with Gasteiger partial charge in [-0.1, -0.05) is 26.8 Å². The molecule has 0 radical (unpaired) electrons. The molecule has 1 aromatic heterocycles. The first kappa shape index (κ1) is 9.78. The minimum absolute atomic E-state index is 0.0000694. The van der Waals surface area contributed by atoms with Crippen molar-refractivity contribution in [3.8, 4) is 0 Å². The third kappa shape index (κ3) is 3.28. The fourth-order valence-electron chi connectivity index (χ4n) is 0.889. The Morgan fingerprint density at radius 2 is 1.77 bits per heavy atom. The molecule has 1 rings (SSSR count). The molecule has 0 N–H and O–H groups in total. The largest absolute Gasteiger partial charge is 0.291 e. The Balaban J connectivity index is 2.67. The predicted molar refractivity (Wildman–Crippen MR) is 53.7 cm³/mol. The van der Waals surface area contributed by atoms with Gasteiger partial charge < -0.3 is 0 Å². The van der Waals surface area contributed by atoms with Gasteiger partial charge in [-0.15, -0.1) is 0 Å². The van der Waals surface area contributed by atoms with Crippen molar-refractivity contribution >= 4 is 5.91 Å². The van der Waals surface area contributed by atoms with Crippen LogP contribution in [0.15, 0.2) is 36.7 Å². The zero-order valence-electron chi connectivity index (χ0n) is 8.32. The number of hydrogen-bond donors (Lipinski definition) is 0. The lowest BCUT2D eigenvalue weighted by Gasteiger charge is -2.10. The van der Waals surface area contributed by atoms with Gasteiger partial charge in [-0.25, -0.2) is 0 Å². The van der Waals surface area contributed by atoms with Gasteiger partial charge in [-0.2, -0.15) is 0 Å². The highest BCUT2D eigenvalue weighted by atomic mass is 16.1.